The molecule has 2 unspecified atom stereocenters. The highest BCUT2D eigenvalue weighted by Gasteiger charge is 2.45. The number of anilines is 3. The van der Waals surface area contributed by atoms with E-state index in [4.69, 9.17) is 4.74 Å². The summed E-state index contributed by atoms with van der Waals surface area (Å²) in [5.41, 5.74) is 0.566. The molecule has 5 rings (SSSR count). The molecule has 0 amide bonds. The third-order valence-corrected chi connectivity index (χ3v) is 8.08. The predicted octanol–water partition coefficient (Wildman–Crippen LogP) is 5.07. The zero-order valence-corrected chi connectivity index (χ0v) is 22.2. The van der Waals surface area contributed by atoms with Gasteiger partial charge in [-0.25, -0.2) is 0 Å². The van der Waals surface area contributed by atoms with Crippen molar-refractivity contribution in [2.75, 3.05) is 49.7 Å². The number of ether oxygens (including phenoxy) is 1. The lowest BCUT2D eigenvalue weighted by molar-refractivity contribution is -0.138. The molecule has 1 aliphatic carbocycles. The molecule has 3 N–H and O–H groups in total. The summed E-state index contributed by atoms with van der Waals surface area (Å²) in [4.78, 5) is 2.02. The predicted molar refractivity (Wildman–Crippen MR) is 142 cm³/mol. The Morgan fingerprint density at radius 1 is 1.16 bits per heavy atom. The van der Waals surface area contributed by atoms with Crippen LogP contribution in [-0.4, -0.2) is 64.1 Å². The van der Waals surface area contributed by atoms with E-state index in [9.17, 15) is 17.7 Å². The maximum atomic E-state index is 13.6. The second-order valence-electron chi connectivity index (χ2n) is 10.3. The third kappa shape index (κ3) is 5.98. The smallest absolute Gasteiger partial charge is 0.416 e. The largest absolute Gasteiger partial charge is 0.546 e. The zero-order valence-electron chi connectivity index (χ0n) is 21.4. The lowest BCUT2D eigenvalue weighted by Gasteiger charge is -2.47. The first kappa shape index (κ1) is 26.9. The topological polar surface area (TPSA) is 97.4 Å². The molecule has 1 aromatic carbocycles. The summed E-state index contributed by atoms with van der Waals surface area (Å²) in [5.74, 6) is 1.12. The van der Waals surface area contributed by atoms with Crippen molar-refractivity contribution >= 4 is 28.5 Å². The van der Waals surface area contributed by atoms with Gasteiger partial charge in [-0.2, -0.15) is 13.2 Å². The van der Waals surface area contributed by atoms with Crippen LogP contribution in [0, 0.1) is 11.8 Å². The van der Waals surface area contributed by atoms with Gasteiger partial charge in [0.25, 0.3) is 0 Å². The molecule has 2 aromatic rings. The van der Waals surface area contributed by atoms with Crippen molar-refractivity contribution in [3.05, 3.63) is 53.6 Å². The first-order valence-electron chi connectivity index (χ1n) is 12.9. The number of allylic oxidation sites excluding steroid dienone is 3. The van der Waals surface area contributed by atoms with Crippen LogP contribution in [0.4, 0.5) is 30.5 Å². The number of aromatic nitrogens is 2. The summed E-state index contributed by atoms with van der Waals surface area (Å²) < 4.78 is 67.3. The lowest BCUT2D eigenvalue weighted by Crippen LogP contribution is -2.47. The Balaban J connectivity index is 1.33. The van der Waals surface area contributed by atoms with E-state index in [1.54, 1.807) is 0 Å². The number of alkyl halides is 3. The second kappa shape index (κ2) is 11.2. The molecule has 12 heteroatoms. The van der Waals surface area contributed by atoms with Gasteiger partial charge < -0.3 is 30.1 Å². The van der Waals surface area contributed by atoms with Gasteiger partial charge in [0.1, 0.15) is 0 Å². The number of hydrogen-bond donors (Lipinski definition) is 3. The lowest BCUT2D eigenvalue weighted by atomic mass is 9.73. The van der Waals surface area contributed by atoms with Gasteiger partial charge in [-0.1, -0.05) is 24.3 Å². The number of benzene rings is 1. The van der Waals surface area contributed by atoms with Gasteiger partial charge >= 0.3 is 6.18 Å². The Morgan fingerprint density at radius 2 is 1.95 bits per heavy atom. The molecule has 8 nitrogen and oxygen atoms in total. The fourth-order valence-electron chi connectivity index (χ4n) is 5.51. The van der Waals surface area contributed by atoms with E-state index in [1.165, 1.54) is 12.1 Å². The Kier molecular flexibility index (Phi) is 7.94. The molecule has 1 fully saturated rings. The molecular formula is C26H33F3N6O2S. The van der Waals surface area contributed by atoms with Crippen molar-refractivity contribution in [1.82, 2.24) is 13.6 Å². The van der Waals surface area contributed by atoms with E-state index in [-0.39, 0.29) is 24.0 Å². The van der Waals surface area contributed by atoms with Gasteiger partial charge in [0, 0.05) is 57.5 Å². The van der Waals surface area contributed by atoms with Gasteiger partial charge in [0.05, 0.1) is 17.8 Å². The molecule has 1 aromatic heterocycles. The van der Waals surface area contributed by atoms with Crippen molar-refractivity contribution in [2.24, 2.45) is 11.8 Å². The van der Waals surface area contributed by atoms with Crippen LogP contribution < -0.4 is 16.0 Å². The normalized spacial score (nSPS) is 27.0. The van der Waals surface area contributed by atoms with E-state index in [0.29, 0.717) is 36.0 Å². The van der Waals surface area contributed by atoms with Crippen molar-refractivity contribution in [3.8, 4) is 0 Å². The van der Waals surface area contributed by atoms with Crippen molar-refractivity contribution in [2.45, 2.75) is 43.7 Å². The van der Waals surface area contributed by atoms with Gasteiger partial charge in [0.15, 0.2) is 11.1 Å². The molecular weight excluding hydrogens is 517 g/mol. The number of likely N-dealkylation sites (N-methyl/N-ethyl adjacent to an activating group) is 1. The Bertz CT molecular complexity index is 1180. The Morgan fingerprint density at radius 3 is 2.66 bits per heavy atom. The van der Waals surface area contributed by atoms with Crippen molar-refractivity contribution < 1.29 is 22.5 Å². The van der Waals surface area contributed by atoms with Crippen LogP contribution in [0.15, 0.2) is 42.5 Å². The molecule has 3 aliphatic rings. The molecule has 38 heavy (non-hydrogen) atoms. The molecule has 0 saturated carbocycles. The number of nitrogens with one attached hydrogen (secondary N) is 3. The standard InChI is InChI=1S/C26H33F3N6O2S/c1-35(2)13-12-30-24-25(34-38(36)33-24)31-15-18-9-10-19-22(16-6-4-3-5-7-16)32-21-11-8-17(26(27,28)29)14-20(21)23(19)37-18/h3-6,8,11,14,16,18-19,22-23,32H,7,9-10,12-13,15H2,1-2H3,(H,30,33)(H,31,34)/t16?,18-,19+,22+,23+,38?/m1/s1. The van der Waals surface area contributed by atoms with Gasteiger partial charge in [-0.15, -0.1) is 0 Å². The monoisotopic (exact) mass is 550 g/mol. The van der Waals surface area contributed by atoms with Gasteiger partial charge in [0.2, 0.25) is 11.6 Å². The first-order chi connectivity index (χ1) is 18.2. The fourth-order valence-corrected chi connectivity index (χ4v) is 6.17. The minimum absolute atomic E-state index is 0.0320. The second-order valence-corrected chi connectivity index (χ2v) is 11.2. The molecule has 206 valence electrons. The first-order valence-corrected chi connectivity index (χ1v) is 13.9. The van der Waals surface area contributed by atoms with Crippen LogP contribution in [0.5, 0.6) is 0 Å². The third-order valence-electron chi connectivity index (χ3n) is 7.41. The van der Waals surface area contributed by atoms with Crippen LogP contribution in [0.1, 0.15) is 36.5 Å². The van der Waals surface area contributed by atoms with Crippen LogP contribution in [0.25, 0.3) is 0 Å². The van der Waals surface area contributed by atoms with E-state index in [2.05, 4.69) is 36.8 Å². The highest BCUT2D eigenvalue weighted by molar-refractivity contribution is 7.14. The van der Waals surface area contributed by atoms with Gasteiger partial charge in [-0.3, -0.25) is 0 Å². The van der Waals surface area contributed by atoms with E-state index < -0.39 is 29.0 Å². The molecule has 0 bridgehead atoms. The minimum Gasteiger partial charge on any atom is -0.546 e. The summed E-state index contributed by atoms with van der Waals surface area (Å²) >= 11 is -1.69. The van der Waals surface area contributed by atoms with Crippen LogP contribution >= 0.6 is 11.1 Å². The zero-order chi connectivity index (χ0) is 26.9. The highest BCUT2D eigenvalue weighted by Crippen LogP contribution is 2.49. The van der Waals surface area contributed by atoms with E-state index in [0.717, 1.165) is 31.9 Å². The fraction of sp³-hybridized carbons (Fsp3) is 0.538. The van der Waals surface area contributed by atoms with E-state index in [1.807, 2.05) is 31.1 Å². The van der Waals surface area contributed by atoms with Crippen molar-refractivity contribution in [3.63, 3.8) is 0 Å². The average Bonchev–Trinajstić information content (AvgIpc) is 3.25. The SMILES string of the molecule is CN(C)CCNc1n[s+]([O-])nc1NC[C@H]1CC[C@@H]2[C@H](O1)c1cc(C(F)(F)F)ccc1N[C@H]2C1C=CC=CC1. The number of nitrogens with zero attached hydrogens (tertiary/aromatic N) is 3. The Labute approximate surface area is 223 Å². The summed E-state index contributed by atoms with van der Waals surface area (Å²) in [6.07, 6.45) is 5.61. The summed E-state index contributed by atoms with van der Waals surface area (Å²) in [6.45, 7) is 1.77. The molecule has 3 heterocycles. The molecule has 0 radical (unpaired) electrons. The molecule has 6 atom stereocenters. The quantitative estimate of drug-likeness (QED) is 0.392. The molecule has 2 aliphatic heterocycles. The van der Waals surface area contributed by atoms with Crippen LogP contribution in [-0.2, 0) is 10.9 Å². The van der Waals surface area contributed by atoms with E-state index >= 15 is 0 Å². The maximum absolute atomic E-state index is 13.6. The highest BCUT2D eigenvalue weighted by atomic mass is 32.2. The summed E-state index contributed by atoms with van der Waals surface area (Å²) in [6, 6.07) is 3.94. The summed E-state index contributed by atoms with van der Waals surface area (Å²) in [5, 5.41) is 9.91. The molecule has 1 saturated heterocycles. The molecule has 0 spiro atoms. The maximum Gasteiger partial charge on any atom is 0.416 e. The van der Waals surface area contributed by atoms with Crippen LogP contribution in [0.2, 0.25) is 0 Å². The summed E-state index contributed by atoms with van der Waals surface area (Å²) in [7, 11) is 3.92. The average molecular weight is 551 g/mol. The Hall–Kier alpha value is -2.67. The van der Waals surface area contributed by atoms with Crippen molar-refractivity contribution in [1.29, 1.82) is 0 Å². The van der Waals surface area contributed by atoms with Gasteiger partial charge in [-0.05, 0) is 51.6 Å². The number of hydrogen-bond acceptors (Lipinski definition) is 8. The number of halogens is 3. The minimum atomic E-state index is -4.43. The van der Waals surface area contributed by atoms with Crippen LogP contribution in [0.3, 0.4) is 0 Å². The number of fused-ring (bicyclic) bond motifs is 3. The number of rotatable bonds is 8.